The highest BCUT2D eigenvalue weighted by atomic mass is 19.1. The minimum Gasteiger partial charge on any atom is -0.396 e. The Kier molecular flexibility index (Phi) is 3.93. The maximum atomic E-state index is 13.9. The van der Waals surface area contributed by atoms with Crippen LogP contribution >= 0.6 is 0 Å². The van der Waals surface area contributed by atoms with E-state index in [2.05, 4.69) is 43.2 Å². The molecule has 0 bridgehead atoms. The predicted octanol–water partition coefficient (Wildman–Crippen LogP) is 2.88. The number of anilines is 1. The highest BCUT2D eigenvalue weighted by Crippen LogP contribution is 2.29. The fourth-order valence-corrected chi connectivity index (χ4v) is 1.79. The van der Waals surface area contributed by atoms with Gasteiger partial charge >= 0.3 is 0 Å². The third-order valence-corrected chi connectivity index (χ3v) is 3.78. The lowest BCUT2D eigenvalue weighted by Gasteiger charge is -2.27. The molecule has 0 aliphatic rings. The molecule has 5 nitrogen and oxygen atoms in total. The second-order valence-corrected chi connectivity index (χ2v) is 6.31. The third-order valence-electron chi connectivity index (χ3n) is 3.78. The lowest BCUT2D eigenvalue weighted by molar-refractivity contribution is 0.225. The van der Waals surface area contributed by atoms with Crippen molar-refractivity contribution in [1.82, 2.24) is 20.2 Å². The van der Waals surface area contributed by atoms with E-state index in [0.717, 1.165) is 6.07 Å². The van der Waals surface area contributed by atoms with Crippen molar-refractivity contribution in [2.75, 3.05) is 5.73 Å². The van der Waals surface area contributed by atoms with Crippen molar-refractivity contribution in [3.05, 3.63) is 23.8 Å². The van der Waals surface area contributed by atoms with Crippen molar-refractivity contribution >= 4 is 5.69 Å². The molecule has 1 aromatic carbocycles. The Hall–Kier alpha value is -2.05. The topological polar surface area (TPSA) is 69.6 Å². The molecular formula is C14H19F2N5. The molecule has 2 N–H and O–H groups in total. The average Bonchev–Trinajstić information content (AvgIpc) is 2.80. The van der Waals surface area contributed by atoms with Crippen molar-refractivity contribution in [2.45, 2.75) is 34.2 Å². The molecule has 1 heterocycles. The summed E-state index contributed by atoms with van der Waals surface area (Å²) in [6.45, 7) is 8.93. The highest BCUT2D eigenvalue weighted by Gasteiger charge is 2.23. The van der Waals surface area contributed by atoms with Crippen molar-refractivity contribution in [1.29, 1.82) is 0 Å². The van der Waals surface area contributed by atoms with Crippen LogP contribution in [-0.4, -0.2) is 20.2 Å². The standard InChI is InChI=1S/C14H19F2N5/c1-8(14(2,3)4)7-21-13(18-19-20-21)9-5-12(17)11(16)6-10(9)15/h5-6,8H,7,17H2,1-4H3. The van der Waals surface area contributed by atoms with Crippen molar-refractivity contribution in [2.24, 2.45) is 11.3 Å². The summed E-state index contributed by atoms with van der Waals surface area (Å²) < 4.78 is 28.7. The van der Waals surface area contributed by atoms with E-state index in [1.807, 2.05) is 0 Å². The minimum atomic E-state index is -0.793. The van der Waals surface area contributed by atoms with Crippen LogP contribution in [0.1, 0.15) is 27.7 Å². The normalized spacial score (nSPS) is 13.4. The Morgan fingerprint density at radius 2 is 1.90 bits per heavy atom. The Bertz CT molecular complexity index is 645. The van der Waals surface area contributed by atoms with E-state index in [0.29, 0.717) is 6.54 Å². The first-order valence-electron chi connectivity index (χ1n) is 6.71. The number of nitrogens with two attached hydrogens (primary N) is 1. The van der Waals surface area contributed by atoms with Crippen molar-refractivity contribution in [3.63, 3.8) is 0 Å². The molecule has 0 spiro atoms. The van der Waals surface area contributed by atoms with Gasteiger partial charge in [-0.1, -0.05) is 27.7 Å². The predicted molar refractivity (Wildman–Crippen MR) is 76.2 cm³/mol. The summed E-state index contributed by atoms with van der Waals surface area (Å²) in [4.78, 5) is 0. The maximum absolute atomic E-state index is 13.9. The number of halogens is 2. The number of hydrogen-bond donors (Lipinski definition) is 1. The van der Waals surface area contributed by atoms with Gasteiger partial charge in [0.05, 0.1) is 11.3 Å². The summed E-state index contributed by atoms with van der Waals surface area (Å²) in [5.74, 6) is -1.02. The first-order chi connectivity index (χ1) is 9.70. The van der Waals surface area contributed by atoms with Gasteiger partial charge in [0.15, 0.2) is 5.82 Å². The lowest BCUT2D eigenvalue weighted by Crippen LogP contribution is -2.23. The molecule has 0 fully saturated rings. The third kappa shape index (κ3) is 3.17. The number of benzene rings is 1. The van der Waals surface area contributed by atoms with E-state index in [1.54, 1.807) is 0 Å². The lowest BCUT2D eigenvalue weighted by atomic mass is 9.82. The van der Waals surface area contributed by atoms with E-state index in [9.17, 15) is 8.78 Å². The van der Waals surface area contributed by atoms with Crippen LogP contribution in [-0.2, 0) is 6.54 Å². The van der Waals surface area contributed by atoms with Gasteiger partial charge in [-0.05, 0) is 27.8 Å². The van der Waals surface area contributed by atoms with Crippen LogP contribution in [0, 0.1) is 23.0 Å². The molecule has 21 heavy (non-hydrogen) atoms. The summed E-state index contributed by atoms with van der Waals surface area (Å²) in [5.41, 5.74) is 5.52. The van der Waals surface area contributed by atoms with Gasteiger partial charge in [0.25, 0.3) is 0 Å². The Morgan fingerprint density at radius 3 is 2.52 bits per heavy atom. The Balaban J connectivity index is 2.39. The number of hydrogen-bond acceptors (Lipinski definition) is 4. The number of aromatic nitrogens is 4. The van der Waals surface area contributed by atoms with E-state index >= 15 is 0 Å². The second kappa shape index (κ2) is 5.38. The number of nitrogens with zero attached hydrogens (tertiary/aromatic N) is 4. The molecule has 0 saturated carbocycles. The minimum absolute atomic E-state index is 0.0591. The Labute approximate surface area is 122 Å². The summed E-state index contributed by atoms with van der Waals surface area (Å²) in [6.07, 6.45) is 0. The largest absolute Gasteiger partial charge is 0.396 e. The van der Waals surface area contributed by atoms with Gasteiger partial charge in [0, 0.05) is 12.6 Å². The van der Waals surface area contributed by atoms with Gasteiger partial charge < -0.3 is 5.73 Å². The zero-order chi connectivity index (χ0) is 15.8. The van der Waals surface area contributed by atoms with Crippen molar-refractivity contribution in [3.8, 4) is 11.4 Å². The van der Waals surface area contributed by atoms with E-state index in [4.69, 9.17) is 5.73 Å². The number of rotatable bonds is 3. The van der Waals surface area contributed by atoms with Gasteiger partial charge in [-0.25, -0.2) is 13.5 Å². The van der Waals surface area contributed by atoms with Crippen molar-refractivity contribution < 1.29 is 8.78 Å². The molecular weight excluding hydrogens is 276 g/mol. The summed E-state index contributed by atoms with van der Waals surface area (Å²) in [5, 5.41) is 11.3. The molecule has 7 heteroatoms. The molecule has 1 atom stereocenters. The van der Waals surface area contributed by atoms with Crippen LogP contribution in [0.5, 0.6) is 0 Å². The van der Waals surface area contributed by atoms with Gasteiger partial charge in [0.1, 0.15) is 11.6 Å². The smallest absolute Gasteiger partial charge is 0.185 e. The SMILES string of the molecule is CC(Cn1nnnc1-c1cc(N)c(F)cc1F)C(C)(C)C. The zero-order valence-electron chi connectivity index (χ0n) is 12.6. The molecule has 1 unspecified atom stereocenters. The van der Waals surface area contributed by atoms with E-state index < -0.39 is 11.6 Å². The van der Waals surface area contributed by atoms with Crippen LogP contribution < -0.4 is 5.73 Å². The van der Waals surface area contributed by atoms with Gasteiger partial charge in [-0.15, -0.1) is 5.10 Å². The Morgan fingerprint density at radius 1 is 1.24 bits per heavy atom. The molecule has 0 saturated heterocycles. The molecule has 2 aromatic rings. The van der Waals surface area contributed by atoms with E-state index in [1.165, 1.54) is 10.7 Å². The van der Waals surface area contributed by atoms with Crippen LogP contribution in [0.2, 0.25) is 0 Å². The summed E-state index contributed by atoms with van der Waals surface area (Å²) >= 11 is 0. The first-order valence-corrected chi connectivity index (χ1v) is 6.71. The maximum Gasteiger partial charge on any atom is 0.185 e. The molecule has 1 aromatic heterocycles. The quantitative estimate of drug-likeness (QED) is 0.884. The highest BCUT2D eigenvalue weighted by molar-refractivity contribution is 5.62. The van der Waals surface area contributed by atoms with Gasteiger partial charge in [-0.3, -0.25) is 0 Å². The van der Waals surface area contributed by atoms with E-state index in [-0.39, 0.29) is 28.4 Å². The molecule has 0 aliphatic carbocycles. The summed E-state index contributed by atoms with van der Waals surface area (Å²) in [7, 11) is 0. The van der Waals surface area contributed by atoms with Crippen LogP contribution in [0.3, 0.4) is 0 Å². The fourth-order valence-electron chi connectivity index (χ4n) is 1.79. The van der Waals surface area contributed by atoms with Gasteiger partial charge in [-0.2, -0.15) is 0 Å². The number of tetrazole rings is 1. The van der Waals surface area contributed by atoms with Crippen LogP contribution in [0.15, 0.2) is 12.1 Å². The molecule has 2 rings (SSSR count). The monoisotopic (exact) mass is 295 g/mol. The molecule has 0 amide bonds. The van der Waals surface area contributed by atoms with Crippen LogP contribution in [0.25, 0.3) is 11.4 Å². The molecule has 0 aliphatic heterocycles. The summed E-state index contributed by atoms with van der Waals surface area (Å²) in [6, 6.07) is 1.96. The zero-order valence-corrected chi connectivity index (χ0v) is 12.6. The number of nitrogen functional groups attached to an aromatic ring is 1. The molecule has 0 radical (unpaired) electrons. The second-order valence-electron chi connectivity index (χ2n) is 6.31. The molecule has 114 valence electrons. The first kappa shape index (κ1) is 15.3. The fraction of sp³-hybridized carbons (Fsp3) is 0.500. The average molecular weight is 295 g/mol. The van der Waals surface area contributed by atoms with Gasteiger partial charge in [0.2, 0.25) is 0 Å². The van der Waals surface area contributed by atoms with Crippen LogP contribution in [0.4, 0.5) is 14.5 Å².